The predicted molar refractivity (Wildman–Crippen MR) is 69.3 cm³/mol. The van der Waals surface area contributed by atoms with E-state index in [2.05, 4.69) is 0 Å². The zero-order valence-electron chi connectivity index (χ0n) is 10.4. The summed E-state index contributed by atoms with van der Waals surface area (Å²) in [5.41, 5.74) is 7.61. The van der Waals surface area contributed by atoms with E-state index in [0.29, 0.717) is 11.3 Å². The Hall–Kier alpha value is -1.94. The second kappa shape index (κ2) is 4.74. The SMILES string of the molecule is Cc1cc(=O)c(C(C)N)cn1-c1cccc(F)c1. The summed E-state index contributed by atoms with van der Waals surface area (Å²) in [5.74, 6) is -0.312. The van der Waals surface area contributed by atoms with Gasteiger partial charge in [0.15, 0.2) is 5.43 Å². The molecule has 1 aromatic carbocycles. The van der Waals surface area contributed by atoms with Crippen molar-refractivity contribution < 1.29 is 4.39 Å². The smallest absolute Gasteiger partial charge is 0.186 e. The number of halogens is 1. The van der Waals surface area contributed by atoms with Crippen LogP contribution in [0.5, 0.6) is 0 Å². The Morgan fingerprint density at radius 3 is 2.67 bits per heavy atom. The molecule has 0 radical (unpaired) electrons. The second-order valence-corrected chi connectivity index (χ2v) is 4.37. The highest BCUT2D eigenvalue weighted by Crippen LogP contribution is 2.14. The molecule has 18 heavy (non-hydrogen) atoms. The average molecular weight is 246 g/mol. The Balaban J connectivity index is 2.64. The Bertz CT molecular complexity index is 632. The molecule has 0 saturated heterocycles. The number of rotatable bonds is 2. The van der Waals surface area contributed by atoms with Crippen LogP contribution < -0.4 is 11.2 Å². The molecule has 0 fully saturated rings. The van der Waals surface area contributed by atoms with Crippen molar-refractivity contribution >= 4 is 0 Å². The molecular formula is C14H15FN2O. The van der Waals surface area contributed by atoms with Crippen molar-refractivity contribution in [1.29, 1.82) is 0 Å². The average Bonchev–Trinajstić information content (AvgIpc) is 2.28. The van der Waals surface area contributed by atoms with Crippen LogP contribution in [0, 0.1) is 12.7 Å². The second-order valence-electron chi connectivity index (χ2n) is 4.37. The lowest BCUT2D eigenvalue weighted by Gasteiger charge is -2.14. The van der Waals surface area contributed by atoms with Crippen molar-refractivity contribution in [3.8, 4) is 5.69 Å². The van der Waals surface area contributed by atoms with Crippen molar-refractivity contribution in [3.63, 3.8) is 0 Å². The number of aromatic nitrogens is 1. The summed E-state index contributed by atoms with van der Waals surface area (Å²) in [5, 5.41) is 0. The Kier molecular flexibility index (Phi) is 3.30. The lowest BCUT2D eigenvalue weighted by molar-refractivity contribution is 0.626. The van der Waals surface area contributed by atoms with Crippen LogP contribution >= 0.6 is 0 Å². The molecule has 0 bridgehead atoms. The molecule has 1 heterocycles. The molecule has 1 atom stereocenters. The molecule has 0 saturated carbocycles. The van der Waals surface area contributed by atoms with Gasteiger partial charge in [0.2, 0.25) is 0 Å². The van der Waals surface area contributed by atoms with Crippen molar-refractivity contribution in [2.45, 2.75) is 19.9 Å². The maximum absolute atomic E-state index is 13.2. The topological polar surface area (TPSA) is 48.0 Å². The zero-order chi connectivity index (χ0) is 13.3. The first kappa shape index (κ1) is 12.5. The van der Waals surface area contributed by atoms with E-state index in [9.17, 15) is 9.18 Å². The summed E-state index contributed by atoms with van der Waals surface area (Å²) in [4.78, 5) is 11.8. The highest BCUT2D eigenvalue weighted by molar-refractivity contribution is 5.36. The summed E-state index contributed by atoms with van der Waals surface area (Å²) >= 11 is 0. The van der Waals surface area contributed by atoms with E-state index in [4.69, 9.17) is 5.73 Å². The van der Waals surface area contributed by atoms with Gasteiger partial charge in [0.1, 0.15) is 5.82 Å². The summed E-state index contributed by atoms with van der Waals surface area (Å²) in [6.07, 6.45) is 1.68. The predicted octanol–water partition coefficient (Wildman–Crippen LogP) is 2.30. The molecule has 2 rings (SSSR count). The van der Waals surface area contributed by atoms with Crippen LogP contribution in [-0.2, 0) is 0 Å². The van der Waals surface area contributed by atoms with Crippen molar-refractivity contribution in [3.05, 3.63) is 63.8 Å². The molecule has 94 valence electrons. The van der Waals surface area contributed by atoms with E-state index in [-0.39, 0.29) is 17.3 Å². The number of benzene rings is 1. The van der Waals surface area contributed by atoms with E-state index >= 15 is 0 Å². The summed E-state index contributed by atoms with van der Waals surface area (Å²) in [6.45, 7) is 3.55. The van der Waals surface area contributed by atoms with E-state index in [1.807, 2.05) is 0 Å². The highest BCUT2D eigenvalue weighted by Gasteiger charge is 2.09. The van der Waals surface area contributed by atoms with E-state index in [1.165, 1.54) is 18.2 Å². The number of nitrogens with two attached hydrogens (primary N) is 1. The number of nitrogens with zero attached hydrogens (tertiary/aromatic N) is 1. The molecule has 0 spiro atoms. The normalized spacial score (nSPS) is 12.4. The van der Waals surface area contributed by atoms with Gasteiger partial charge in [-0.1, -0.05) is 6.07 Å². The molecule has 1 aromatic heterocycles. The van der Waals surface area contributed by atoms with Crippen LogP contribution in [0.3, 0.4) is 0 Å². The van der Waals surface area contributed by atoms with Gasteiger partial charge in [0.25, 0.3) is 0 Å². The summed E-state index contributed by atoms with van der Waals surface area (Å²) in [6, 6.07) is 7.39. The standard InChI is InChI=1S/C14H15FN2O/c1-9-6-14(18)13(10(2)16)8-17(9)12-5-3-4-11(15)7-12/h3-8,10H,16H2,1-2H3. The third-order valence-corrected chi connectivity index (χ3v) is 2.85. The van der Waals surface area contributed by atoms with E-state index in [0.717, 1.165) is 5.69 Å². The van der Waals surface area contributed by atoms with Crippen LogP contribution in [0.15, 0.2) is 41.3 Å². The molecule has 1 unspecified atom stereocenters. The molecule has 0 aliphatic heterocycles. The van der Waals surface area contributed by atoms with Crippen molar-refractivity contribution in [2.75, 3.05) is 0 Å². The van der Waals surface area contributed by atoms with Crippen LogP contribution in [0.4, 0.5) is 4.39 Å². The van der Waals surface area contributed by atoms with Crippen LogP contribution in [0.2, 0.25) is 0 Å². The molecule has 3 nitrogen and oxygen atoms in total. The van der Waals surface area contributed by atoms with Gasteiger partial charge in [-0.3, -0.25) is 4.79 Å². The van der Waals surface area contributed by atoms with Crippen LogP contribution in [-0.4, -0.2) is 4.57 Å². The third-order valence-electron chi connectivity index (χ3n) is 2.85. The minimum absolute atomic E-state index is 0.0878. The van der Waals surface area contributed by atoms with Gasteiger partial charge in [-0.05, 0) is 32.0 Å². The number of hydrogen-bond acceptors (Lipinski definition) is 2. The van der Waals surface area contributed by atoms with Gasteiger partial charge in [0.05, 0.1) is 0 Å². The Morgan fingerprint density at radius 2 is 2.06 bits per heavy atom. The van der Waals surface area contributed by atoms with Crippen molar-refractivity contribution in [2.24, 2.45) is 5.73 Å². The third kappa shape index (κ3) is 2.33. The Morgan fingerprint density at radius 1 is 1.33 bits per heavy atom. The molecule has 2 N–H and O–H groups in total. The number of aryl methyl sites for hydroxylation is 1. The lowest BCUT2D eigenvalue weighted by atomic mass is 10.1. The molecule has 4 heteroatoms. The lowest BCUT2D eigenvalue weighted by Crippen LogP contribution is -2.20. The Labute approximate surface area is 105 Å². The fraction of sp³-hybridized carbons (Fsp3) is 0.214. The van der Waals surface area contributed by atoms with Gasteiger partial charge in [0, 0.05) is 35.2 Å². The molecule has 0 amide bonds. The maximum Gasteiger partial charge on any atom is 0.186 e. The quantitative estimate of drug-likeness (QED) is 0.883. The van der Waals surface area contributed by atoms with E-state index < -0.39 is 0 Å². The molecule has 0 aliphatic carbocycles. The van der Waals surface area contributed by atoms with Gasteiger partial charge < -0.3 is 10.3 Å². The summed E-state index contributed by atoms with van der Waals surface area (Å²) in [7, 11) is 0. The van der Waals surface area contributed by atoms with Gasteiger partial charge >= 0.3 is 0 Å². The maximum atomic E-state index is 13.2. The minimum Gasteiger partial charge on any atom is -0.324 e. The molecule has 0 aliphatic rings. The minimum atomic E-state index is -0.349. The largest absolute Gasteiger partial charge is 0.324 e. The first-order chi connectivity index (χ1) is 8.49. The highest BCUT2D eigenvalue weighted by atomic mass is 19.1. The molecule has 2 aromatic rings. The molecular weight excluding hydrogens is 231 g/mol. The van der Waals surface area contributed by atoms with E-state index in [1.54, 1.807) is 36.7 Å². The summed E-state index contributed by atoms with van der Waals surface area (Å²) < 4.78 is 15.0. The first-order valence-electron chi connectivity index (χ1n) is 5.74. The first-order valence-corrected chi connectivity index (χ1v) is 5.74. The van der Waals surface area contributed by atoms with Crippen molar-refractivity contribution in [1.82, 2.24) is 4.57 Å². The van der Waals surface area contributed by atoms with Gasteiger partial charge in [-0.2, -0.15) is 0 Å². The number of hydrogen-bond donors (Lipinski definition) is 1. The van der Waals surface area contributed by atoms with Gasteiger partial charge in [-0.15, -0.1) is 0 Å². The van der Waals surface area contributed by atoms with Crippen LogP contribution in [0.1, 0.15) is 24.2 Å². The van der Waals surface area contributed by atoms with Gasteiger partial charge in [-0.25, -0.2) is 4.39 Å². The number of pyridine rings is 1. The van der Waals surface area contributed by atoms with Crippen LogP contribution in [0.25, 0.3) is 5.69 Å². The zero-order valence-corrected chi connectivity index (χ0v) is 10.4. The fourth-order valence-corrected chi connectivity index (χ4v) is 1.89. The monoisotopic (exact) mass is 246 g/mol. The fourth-order valence-electron chi connectivity index (χ4n) is 1.89.